The molecule has 2 heterocycles. The normalized spacial score (nSPS) is 14.1. The number of hydrogen-bond acceptors (Lipinski definition) is 3. The summed E-state index contributed by atoms with van der Waals surface area (Å²) in [7, 11) is 0. The Bertz CT molecular complexity index is 730. The van der Waals surface area contributed by atoms with Gasteiger partial charge in [0.2, 0.25) is 5.91 Å². The number of aromatic nitrogens is 2. The minimum Gasteiger partial charge on any atom is -0.292 e. The standard InChI is InChI=1S/C17H18FN3O/c1-3-15-19-11(2)13-8-9-16(22)21(17(13)20-15)10-12-6-4-5-7-14(12)18/h4-7H,3,8-10H2,1-2H3. The van der Waals surface area contributed by atoms with Crippen LogP contribution in [-0.4, -0.2) is 15.9 Å². The van der Waals surface area contributed by atoms with Gasteiger partial charge in [-0.05, 0) is 19.4 Å². The predicted molar refractivity (Wildman–Crippen MR) is 82.1 cm³/mol. The lowest BCUT2D eigenvalue weighted by molar-refractivity contribution is -0.119. The monoisotopic (exact) mass is 299 g/mol. The van der Waals surface area contributed by atoms with Gasteiger partial charge in [-0.15, -0.1) is 0 Å². The molecule has 0 atom stereocenters. The zero-order chi connectivity index (χ0) is 15.7. The molecule has 0 radical (unpaired) electrons. The Kier molecular flexibility index (Phi) is 3.88. The van der Waals surface area contributed by atoms with Crippen molar-refractivity contribution in [2.24, 2.45) is 0 Å². The van der Waals surface area contributed by atoms with Gasteiger partial charge in [0.25, 0.3) is 0 Å². The van der Waals surface area contributed by atoms with Crippen molar-refractivity contribution in [3.63, 3.8) is 0 Å². The fourth-order valence-electron chi connectivity index (χ4n) is 2.76. The van der Waals surface area contributed by atoms with Crippen LogP contribution in [-0.2, 0) is 24.2 Å². The summed E-state index contributed by atoms with van der Waals surface area (Å²) in [5.74, 6) is 1.04. The van der Waals surface area contributed by atoms with Gasteiger partial charge in [0.15, 0.2) is 0 Å². The van der Waals surface area contributed by atoms with E-state index in [0.717, 1.165) is 11.3 Å². The van der Waals surface area contributed by atoms with Crippen molar-refractivity contribution in [3.05, 3.63) is 52.7 Å². The maximum atomic E-state index is 13.9. The molecule has 0 bridgehead atoms. The predicted octanol–water partition coefficient (Wildman–Crippen LogP) is 2.97. The summed E-state index contributed by atoms with van der Waals surface area (Å²) in [6.45, 7) is 4.13. The van der Waals surface area contributed by atoms with Gasteiger partial charge in [0.05, 0.1) is 6.54 Å². The van der Waals surface area contributed by atoms with E-state index in [0.29, 0.717) is 36.5 Å². The van der Waals surface area contributed by atoms with Crippen LogP contribution in [0.5, 0.6) is 0 Å². The number of carbonyl (C=O) groups excluding carboxylic acids is 1. The molecule has 5 heteroatoms. The maximum Gasteiger partial charge on any atom is 0.228 e. The van der Waals surface area contributed by atoms with Gasteiger partial charge in [-0.3, -0.25) is 9.69 Å². The number of aryl methyl sites for hydroxylation is 2. The van der Waals surface area contributed by atoms with E-state index in [1.54, 1.807) is 23.1 Å². The van der Waals surface area contributed by atoms with E-state index < -0.39 is 0 Å². The van der Waals surface area contributed by atoms with Gasteiger partial charge < -0.3 is 0 Å². The zero-order valence-corrected chi connectivity index (χ0v) is 12.8. The Morgan fingerprint density at radius 3 is 2.73 bits per heavy atom. The second-order valence-corrected chi connectivity index (χ2v) is 5.45. The van der Waals surface area contributed by atoms with Crippen molar-refractivity contribution in [1.29, 1.82) is 0 Å². The highest BCUT2D eigenvalue weighted by atomic mass is 19.1. The molecule has 0 fully saturated rings. The largest absolute Gasteiger partial charge is 0.292 e. The summed E-state index contributed by atoms with van der Waals surface area (Å²) in [6, 6.07) is 6.53. The first-order valence-corrected chi connectivity index (χ1v) is 7.50. The molecule has 1 aromatic carbocycles. The molecule has 0 saturated carbocycles. The van der Waals surface area contributed by atoms with Crippen molar-refractivity contribution < 1.29 is 9.18 Å². The van der Waals surface area contributed by atoms with Crippen LogP contribution >= 0.6 is 0 Å². The molecule has 4 nitrogen and oxygen atoms in total. The number of carbonyl (C=O) groups is 1. The van der Waals surface area contributed by atoms with Crippen molar-refractivity contribution in [1.82, 2.24) is 9.97 Å². The third-order valence-corrected chi connectivity index (χ3v) is 3.99. The molecule has 2 aromatic rings. The zero-order valence-electron chi connectivity index (χ0n) is 12.8. The summed E-state index contributed by atoms with van der Waals surface area (Å²) < 4.78 is 13.9. The van der Waals surface area contributed by atoms with E-state index in [1.165, 1.54) is 6.07 Å². The fraction of sp³-hybridized carbons (Fsp3) is 0.353. The highest BCUT2D eigenvalue weighted by Crippen LogP contribution is 2.29. The lowest BCUT2D eigenvalue weighted by Gasteiger charge is -2.29. The second-order valence-electron chi connectivity index (χ2n) is 5.45. The molecule has 3 rings (SSSR count). The van der Waals surface area contributed by atoms with Gasteiger partial charge in [-0.25, -0.2) is 14.4 Å². The van der Waals surface area contributed by atoms with Crippen molar-refractivity contribution in [2.75, 3.05) is 4.90 Å². The summed E-state index contributed by atoms with van der Waals surface area (Å²) in [6.07, 6.45) is 1.77. The molecule has 1 amide bonds. The molecule has 0 aliphatic carbocycles. The van der Waals surface area contributed by atoms with E-state index in [2.05, 4.69) is 9.97 Å². The highest BCUT2D eigenvalue weighted by molar-refractivity contribution is 5.95. The van der Waals surface area contributed by atoms with Crippen LogP contribution < -0.4 is 4.90 Å². The smallest absolute Gasteiger partial charge is 0.228 e. The minimum absolute atomic E-state index is 0.0177. The molecular formula is C17H18FN3O. The van der Waals surface area contributed by atoms with Crippen LogP contribution in [0.1, 0.15) is 36.0 Å². The van der Waals surface area contributed by atoms with Gasteiger partial charge in [0.1, 0.15) is 17.5 Å². The average Bonchev–Trinajstić information content (AvgIpc) is 2.51. The number of halogens is 1. The average molecular weight is 299 g/mol. The number of anilines is 1. The quantitative estimate of drug-likeness (QED) is 0.875. The van der Waals surface area contributed by atoms with Crippen molar-refractivity contribution >= 4 is 11.7 Å². The van der Waals surface area contributed by atoms with Gasteiger partial charge >= 0.3 is 0 Å². The lowest BCUT2D eigenvalue weighted by atomic mass is 10.0. The first-order valence-electron chi connectivity index (χ1n) is 7.50. The molecule has 1 aliphatic rings. The molecule has 1 aliphatic heterocycles. The van der Waals surface area contributed by atoms with E-state index in [-0.39, 0.29) is 18.3 Å². The Labute approximate surface area is 129 Å². The lowest BCUT2D eigenvalue weighted by Crippen LogP contribution is -2.36. The van der Waals surface area contributed by atoms with E-state index in [1.807, 2.05) is 13.8 Å². The molecular weight excluding hydrogens is 281 g/mol. The number of rotatable bonds is 3. The summed E-state index contributed by atoms with van der Waals surface area (Å²) in [5, 5.41) is 0. The van der Waals surface area contributed by atoms with Gasteiger partial charge in [0, 0.05) is 29.7 Å². The topological polar surface area (TPSA) is 46.1 Å². The first kappa shape index (κ1) is 14.6. The molecule has 22 heavy (non-hydrogen) atoms. The Morgan fingerprint density at radius 2 is 2.00 bits per heavy atom. The highest BCUT2D eigenvalue weighted by Gasteiger charge is 2.28. The van der Waals surface area contributed by atoms with Crippen LogP contribution in [0.15, 0.2) is 24.3 Å². The van der Waals surface area contributed by atoms with Crippen molar-refractivity contribution in [2.45, 2.75) is 39.7 Å². The molecule has 1 aromatic heterocycles. The molecule has 0 spiro atoms. The molecule has 0 N–H and O–H groups in total. The number of amides is 1. The summed E-state index contributed by atoms with van der Waals surface area (Å²) in [5.41, 5.74) is 2.40. The van der Waals surface area contributed by atoms with Crippen LogP contribution in [0.2, 0.25) is 0 Å². The van der Waals surface area contributed by atoms with Gasteiger partial charge in [-0.1, -0.05) is 25.1 Å². The number of fused-ring (bicyclic) bond motifs is 1. The van der Waals surface area contributed by atoms with Crippen LogP contribution in [0.3, 0.4) is 0 Å². The molecule has 0 saturated heterocycles. The molecule has 114 valence electrons. The number of benzene rings is 1. The first-order chi connectivity index (χ1) is 10.6. The summed E-state index contributed by atoms with van der Waals surface area (Å²) in [4.78, 5) is 22.9. The van der Waals surface area contributed by atoms with Crippen LogP contribution in [0.25, 0.3) is 0 Å². The summed E-state index contributed by atoms with van der Waals surface area (Å²) >= 11 is 0. The van der Waals surface area contributed by atoms with E-state index in [4.69, 9.17) is 0 Å². The van der Waals surface area contributed by atoms with Crippen molar-refractivity contribution in [3.8, 4) is 0 Å². The SMILES string of the molecule is CCc1nc(C)c2c(n1)N(Cc1ccccc1F)C(=O)CC2. The van der Waals surface area contributed by atoms with Crippen LogP contribution in [0, 0.1) is 12.7 Å². The second kappa shape index (κ2) is 5.83. The fourth-order valence-corrected chi connectivity index (χ4v) is 2.76. The third kappa shape index (κ3) is 2.58. The van der Waals surface area contributed by atoms with E-state index >= 15 is 0 Å². The number of hydrogen-bond donors (Lipinski definition) is 0. The molecule has 0 unspecified atom stereocenters. The third-order valence-electron chi connectivity index (χ3n) is 3.99. The maximum absolute atomic E-state index is 13.9. The van der Waals surface area contributed by atoms with Crippen LogP contribution in [0.4, 0.5) is 10.2 Å². The Morgan fingerprint density at radius 1 is 1.23 bits per heavy atom. The minimum atomic E-state index is -0.302. The Balaban J connectivity index is 2.04. The number of nitrogens with zero attached hydrogens (tertiary/aromatic N) is 3. The van der Waals surface area contributed by atoms with Gasteiger partial charge in [-0.2, -0.15) is 0 Å². The van der Waals surface area contributed by atoms with E-state index in [9.17, 15) is 9.18 Å². The Hall–Kier alpha value is -2.30.